The van der Waals surface area contributed by atoms with Crippen molar-refractivity contribution in [1.29, 1.82) is 0 Å². The lowest BCUT2D eigenvalue weighted by molar-refractivity contribution is -0.114. The summed E-state index contributed by atoms with van der Waals surface area (Å²) in [6, 6.07) is 5.43. The SMILES string of the molecule is CC(=O)Nc1ccc(-c2nc(N3CCOCC3)c3sc(CN(C)S(C)(=O)=O)cc3n2)cn1. The van der Waals surface area contributed by atoms with Gasteiger partial charge >= 0.3 is 0 Å². The van der Waals surface area contributed by atoms with Crippen molar-refractivity contribution in [2.45, 2.75) is 13.5 Å². The maximum atomic E-state index is 11.8. The Morgan fingerprint density at radius 1 is 1.28 bits per heavy atom. The van der Waals surface area contributed by atoms with Crippen LogP contribution in [-0.2, 0) is 26.1 Å². The van der Waals surface area contributed by atoms with Gasteiger partial charge in [-0.15, -0.1) is 11.3 Å². The fraction of sp³-hybridized carbons (Fsp3) is 0.400. The Hall–Kier alpha value is -2.67. The molecule has 170 valence electrons. The van der Waals surface area contributed by atoms with Crippen molar-refractivity contribution in [2.75, 3.05) is 49.8 Å². The molecule has 0 atom stereocenters. The van der Waals surface area contributed by atoms with Gasteiger partial charge in [0.05, 0.1) is 29.7 Å². The molecule has 0 unspecified atom stereocenters. The number of fused-ring (bicyclic) bond motifs is 1. The monoisotopic (exact) mass is 476 g/mol. The number of hydrogen-bond acceptors (Lipinski definition) is 9. The summed E-state index contributed by atoms with van der Waals surface area (Å²) >= 11 is 1.50. The molecule has 1 amide bonds. The minimum absolute atomic E-state index is 0.192. The molecule has 3 aromatic rings. The highest BCUT2D eigenvalue weighted by molar-refractivity contribution is 7.88. The minimum atomic E-state index is -3.29. The van der Waals surface area contributed by atoms with Gasteiger partial charge in [0.1, 0.15) is 5.82 Å². The number of carbonyl (C=O) groups is 1. The van der Waals surface area contributed by atoms with Crippen LogP contribution >= 0.6 is 11.3 Å². The van der Waals surface area contributed by atoms with Crippen LogP contribution in [-0.4, -0.2) is 73.2 Å². The van der Waals surface area contributed by atoms with Crippen LogP contribution in [0.1, 0.15) is 11.8 Å². The first-order chi connectivity index (χ1) is 15.2. The fourth-order valence-corrected chi connectivity index (χ4v) is 4.90. The Balaban J connectivity index is 1.75. The van der Waals surface area contributed by atoms with Gasteiger partial charge in [0.25, 0.3) is 0 Å². The normalized spacial score (nSPS) is 14.8. The van der Waals surface area contributed by atoms with E-state index < -0.39 is 10.0 Å². The fourth-order valence-electron chi connectivity index (χ4n) is 3.28. The van der Waals surface area contributed by atoms with Gasteiger partial charge in [0, 0.05) is 50.2 Å². The van der Waals surface area contributed by atoms with Crippen LogP contribution in [0.2, 0.25) is 0 Å². The summed E-state index contributed by atoms with van der Waals surface area (Å²) in [4.78, 5) is 28.1. The largest absolute Gasteiger partial charge is 0.378 e. The van der Waals surface area contributed by atoms with Crippen LogP contribution in [0.4, 0.5) is 11.6 Å². The molecule has 0 aliphatic carbocycles. The van der Waals surface area contributed by atoms with E-state index in [0.717, 1.165) is 26.5 Å². The van der Waals surface area contributed by atoms with E-state index in [1.54, 1.807) is 19.3 Å². The molecule has 4 heterocycles. The average molecular weight is 477 g/mol. The van der Waals surface area contributed by atoms with Crippen LogP contribution in [0.3, 0.4) is 0 Å². The van der Waals surface area contributed by atoms with Crippen LogP contribution in [0.5, 0.6) is 0 Å². The summed E-state index contributed by atoms with van der Waals surface area (Å²) in [7, 11) is -1.74. The summed E-state index contributed by atoms with van der Waals surface area (Å²) in [6.45, 7) is 4.34. The second-order valence-corrected chi connectivity index (χ2v) is 10.8. The highest BCUT2D eigenvalue weighted by Gasteiger charge is 2.21. The van der Waals surface area contributed by atoms with Crippen molar-refractivity contribution in [3.8, 4) is 11.4 Å². The molecule has 10 nitrogen and oxygen atoms in total. The van der Waals surface area contributed by atoms with Crippen molar-refractivity contribution >= 4 is 49.1 Å². The first-order valence-electron chi connectivity index (χ1n) is 9.99. The highest BCUT2D eigenvalue weighted by atomic mass is 32.2. The van der Waals surface area contributed by atoms with E-state index in [9.17, 15) is 13.2 Å². The number of carbonyl (C=O) groups excluding carboxylic acids is 1. The number of anilines is 2. The molecule has 0 aromatic carbocycles. The van der Waals surface area contributed by atoms with Gasteiger partial charge in [-0.1, -0.05) is 0 Å². The number of nitrogens with one attached hydrogen (secondary N) is 1. The van der Waals surface area contributed by atoms with E-state index in [4.69, 9.17) is 14.7 Å². The highest BCUT2D eigenvalue weighted by Crippen LogP contribution is 2.35. The van der Waals surface area contributed by atoms with Gasteiger partial charge in [-0.2, -0.15) is 0 Å². The second-order valence-electron chi connectivity index (χ2n) is 7.53. The van der Waals surface area contributed by atoms with E-state index in [1.807, 2.05) is 12.1 Å². The third-order valence-corrected chi connectivity index (χ3v) is 7.35. The summed E-state index contributed by atoms with van der Waals surface area (Å²) in [5, 5.41) is 2.64. The predicted octanol–water partition coefficient (Wildman–Crippen LogP) is 1.94. The van der Waals surface area contributed by atoms with E-state index in [1.165, 1.54) is 28.8 Å². The number of pyridine rings is 1. The molecule has 1 N–H and O–H groups in total. The topological polar surface area (TPSA) is 118 Å². The first kappa shape index (κ1) is 22.5. The number of ether oxygens (including phenoxy) is 1. The molecule has 1 saturated heterocycles. The molecule has 1 aliphatic rings. The lowest BCUT2D eigenvalue weighted by atomic mass is 10.2. The number of thiophene rings is 1. The number of amides is 1. The minimum Gasteiger partial charge on any atom is -0.378 e. The van der Waals surface area contributed by atoms with E-state index in [-0.39, 0.29) is 12.5 Å². The Morgan fingerprint density at radius 2 is 2.03 bits per heavy atom. The van der Waals surface area contributed by atoms with Crippen LogP contribution < -0.4 is 10.2 Å². The zero-order valence-electron chi connectivity index (χ0n) is 18.0. The number of morpholine rings is 1. The molecular weight excluding hydrogens is 452 g/mol. The third kappa shape index (κ3) is 5.04. The molecule has 32 heavy (non-hydrogen) atoms. The van der Waals surface area contributed by atoms with E-state index >= 15 is 0 Å². The average Bonchev–Trinajstić information content (AvgIpc) is 3.15. The zero-order valence-corrected chi connectivity index (χ0v) is 19.7. The molecule has 1 aliphatic heterocycles. The van der Waals surface area contributed by atoms with Crippen molar-refractivity contribution in [1.82, 2.24) is 19.3 Å². The van der Waals surface area contributed by atoms with Gasteiger partial charge in [-0.25, -0.2) is 27.7 Å². The third-order valence-electron chi connectivity index (χ3n) is 4.99. The molecule has 0 saturated carbocycles. The van der Waals surface area contributed by atoms with Crippen molar-refractivity contribution < 1.29 is 17.9 Å². The van der Waals surface area contributed by atoms with Crippen LogP contribution in [0.25, 0.3) is 21.6 Å². The number of nitrogens with zero attached hydrogens (tertiary/aromatic N) is 5. The second kappa shape index (κ2) is 9.06. The molecular formula is C20H24N6O4S2. The molecule has 1 fully saturated rings. The van der Waals surface area contributed by atoms with Gasteiger partial charge < -0.3 is 15.0 Å². The maximum Gasteiger partial charge on any atom is 0.222 e. The summed E-state index contributed by atoms with van der Waals surface area (Å²) in [5.74, 6) is 1.58. The Labute approximate surface area is 190 Å². The smallest absolute Gasteiger partial charge is 0.222 e. The van der Waals surface area contributed by atoms with Crippen molar-refractivity contribution in [3.63, 3.8) is 0 Å². The zero-order chi connectivity index (χ0) is 22.9. The molecule has 12 heteroatoms. The summed E-state index contributed by atoms with van der Waals surface area (Å²) < 4.78 is 31.4. The van der Waals surface area contributed by atoms with Crippen molar-refractivity contribution in [2.24, 2.45) is 0 Å². The van der Waals surface area contributed by atoms with E-state index in [2.05, 4.69) is 15.2 Å². The molecule has 4 rings (SSSR count). The molecule has 0 spiro atoms. The molecule has 0 radical (unpaired) electrons. The lowest BCUT2D eigenvalue weighted by Gasteiger charge is -2.28. The maximum absolute atomic E-state index is 11.8. The van der Waals surface area contributed by atoms with E-state index in [0.29, 0.717) is 37.9 Å². The van der Waals surface area contributed by atoms with Gasteiger partial charge in [-0.05, 0) is 18.2 Å². The molecule has 0 bridgehead atoms. The first-order valence-corrected chi connectivity index (χ1v) is 12.7. The Morgan fingerprint density at radius 3 is 2.66 bits per heavy atom. The predicted molar refractivity (Wildman–Crippen MR) is 124 cm³/mol. The quantitative estimate of drug-likeness (QED) is 0.574. The van der Waals surface area contributed by atoms with Crippen LogP contribution in [0.15, 0.2) is 24.4 Å². The number of sulfonamides is 1. The number of hydrogen-bond donors (Lipinski definition) is 1. The Kier molecular flexibility index (Phi) is 6.38. The van der Waals surface area contributed by atoms with Crippen molar-refractivity contribution in [3.05, 3.63) is 29.3 Å². The van der Waals surface area contributed by atoms with Gasteiger partial charge in [0.15, 0.2) is 11.6 Å². The van der Waals surface area contributed by atoms with Crippen LogP contribution in [0, 0.1) is 0 Å². The number of rotatable bonds is 6. The van der Waals surface area contributed by atoms with Gasteiger partial charge in [-0.3, -0.25) is 4.79 Å². The Bertz CT molecular complexity index is 1240. The summed E-state index contributed by atoms with van der Waals surface area (Å²) in [6.07, 6.45) is 2.81. The standard InChI is InChI=1S/C20H24N6O4S2/c1-13(27)22-17-5-4-14(11-21-17)19-23-16-10-15(12-25(2)32(3,28)29)31-18(16)20(24-19)26-6-8-30-9-7-26/h4-5,10-11H,6-9,12H2,1-3H3,(H,21,22,27). The lowest BCUT2D eigenvalue weighted by Crippen LogP contribution is -2.36. The van der Waals surface area contributed by atoms with Gasteiger partial charge in [0.2, 0.25) is 15.9 Å². The molecule has 3 aromatic heterocycles. The summed E-state index contributed by atoms with van der Waals surface area (Å²) in [5.41, 5.74) is 1.47. The number of aromatic nitrogens is 3.